The number of carbonyl (C=O) groups is 2. The molecule has 0 aliphatic rings. The van der Waals surface area contributed by atoms with E-state index < -0.39 is 28.2 Å². The van der Waals surface area contributed by atoms with Crippen molar-refractivity contribution in [2.24, 2.45) is 0 Å². The van der Waals surface area contributed by atoms with Crippen LogP contribution in [0.15, 0.2) is 40.3 Å². The molecule has 2 amide bonds. The first-order valence-corrected chi connectivity index (χ1v) is 7.60. The predicted octanol–water partition coefficient (Wildman–Crippen LogP) is -0.0630. The number of aromatic nitrogens is 2. The van der Waals surface area contributed by atoms with Gasteiger partial charge in [-0.05, 0) is 6.07 Å². The number of carbonyl (C=O) groups excluding carboxylic acids is 2. The highest BCUT2D eigenvalue weighted by Crippen LogP contribution is 2.13. The zero-order valence-electron chi connectivity index (χ0n) is 12.4. The Hall–Kier alpha value is -3.41. The summed E-state index contributed by atoms with van der Waals surface area (Å²) in [6.45, 7) is 0. The first kappa shape index (κ1) is 17.9. The standard InChI is InChI=1S/C13H11N5O6S/c19-9-5-10(20)15-13(14-9)25-6-11(21)16-17-12(22)7-2-1-3-8(4-7)18(23)24/h1-5H,6H2,(H,16,21)(H,17,22)(H2,14,15,19,20). The molecule has 0 saturated heterocycles. The Morgan fingerprint density at radius 3 is 2.76 bits per heavy atom. The molecule has 4 N–H and O–H groups in total. The monoisotopic (exact) mass is 365 g/mol. The number of amides is 2. The largest absolute Gasteiger partial charge is 0.493 e. The lowest BCUT2D eigenvalue weighted by atomic mass is 10.2. The van der Waals surface area contributed by atoms with E-state index in [-0.39, 0.29) is 22.2 Å². The van der Waals surface area contributed by atoms with Crippen molar-refractivity contribution in [2.45, 2.75) is 5.16 Å². The van der Waals surface area contributed by atoms with Crippen LogP contribution < -0.4 is 16.4 Å². The Balaban J connectivity index is 1.87. The van der Waals surface area contributed by atoms with Gasteiger partial charge in [-0.25, -0.2) is 0 Å². The Morgan fingerprint density at radius 2 is 2.08 bits per heavy atom. The van der Waals surface area contributed by atoms with Crippen molar-refractivity contribution >= 4 is 29.3 Å². The van der Waals surface area contributed by atoms with Crippen LogP contribution in [0.3, 0.4) is 0 Å². The fraction of sp³-hybridized carbons (Fsp3) is 0.0769. The summed E-state index contributed by atoms with van der Waals surface area (Å²) >= 11 is 0.831. The van der Waals surface area contributed by atoms with Crippen LogP contribution in [0.2, 0.25) is 0 Å². The van der Waals surface area contributed by atoms with Crippen LogP contribution >= 0.6 is 11.8 Å². The molecule has 2 rings (SSSR count). The van der Waals surface area contributed by atoms with Crippen molar-refractivity contribution < 1.29 is 19.6 Å². The number of nitro benzene ring substituents is 1. The Morgan fingerprint density at radius 1 is 1.32 bits per heavy atom. The molecule has 0 aliphatic carbocycles. The fourth-order valence-electron chi connectivity index (χ4n) is 1.62. The van der Waals surface area contributed by atoms with Crippen LogP contribution in [0.25, 0.3) is 0 Å². The smallest absolute Gasteiger partial charge is 0.270 e. The number of nitrogens with one attached hydrogen (secondary N) is 3. The SMILES string of the molecule is O=C(CSc1nc(O)cc(=O)[nH]1)NNC(=O)c1cccc([N+](=O)[O-])c1. The quantitative estimate of drug-likeness (QED) is 0.247. The second-order valence-corrected chi connectivity index (χ2v) is 5.47. The third-order valence-corrected chi connectivity index (χ3v) is 3.55. The summed E-state index contributed by atoms with van der Waals surface area (Å²) in [4.78, 5) is 50.6. The number of rotatable bonds is 5. The van der Waals surface area contributed by atoms with E-state index in [1.54, 1.807) is 0 Å². The van der Waals surface area contributed by atoms with E-state index in [9.17, 15) is 29.6 Å². The van der Waals surface area contributed by atoms with Crippen molar-refractivity contribution in [1.82, 2.24) is 20.8 Å². The third-order valence-electron chi connectivity index (χ3n) is 2.68. The van der Waals surface area contributed by atoms with Crippen LogP contribution in [0, 0.1) is 10.1 Å². The zero-order chi connectivity index (χ0) is 18.4. The second-order valence-electron chi connectivity index (χ2n) is 4.51. The van der Waals surface area contributed by atoms with Gasteiger partial charge in [0.25, 0.3) is 17.2 Å². The van der Waals surface area contributed by atoms with Crippen molar-refractivity contribution in [3.8, 4) is 5.88 Å². The van der Waals surface area contributed by atoms with Gasteiger partial charge in [-0.15, -0.1) is 0 Å². The maximum Gasteiger partial charge on any atom is 0.270 e. The number of aromatic amines is 1. The van der Waals surface area contributed by atoms with E-state index in [1.165, 1.54) is 18.2 Å². The lowest BCUT2D eigenvalue weighted by Gasteiger charge is -2.07. The van der Waals surface area contributed by atoms with E-state index in [1.807, 2.05) is 0 Å². The summed E-state index contributed by atoms with van der Waals surface area (Å²) in [5, 5.41) is 19.9. The number of nitro groups is 1. The van der Waals surface area contributed by atoms with Gasteiger partial charge in [0.2, 0.25) is 11.8 Å². The molecule has 1 aromatic heterocycles. The molecule has 12 heteroatoms. The highest BCUT2D eigenvalue weighted by molar-refractivity contribution is 7.99. The average Bonchev–Trinajstić information content (AvgIpc) is 2.57. The lowest BCUT2D eigenvalue weighted by Crippen LogP contribution is -2.42. The molecule has 0 radical (unpaired) electrons. The zero-order valence-corrected chi connectivity index (χ0v) is 13.2. The van der Waals surface area contributed by atoms with Crippen molar-refractivity contribution in [1.29, 1.82) is 0 Å². The summed E-state index contributed by atoms with van der Waals surface area (Å²) in [5.74, 6) is -2.03. The van der Waals surface area contributed by atoms with Crippen LogP contribution in [0.4, 0.5) is 5.69 Å². The van der Waals surface area contributed by atoms with Crippen molar-refractivity contribution in [3.05, 3.63) is 56.4 Å². The Labute approximate surface area is 143 Å². The number of hydrazine groups is 1. The molecule has 0 fully saturated rings. The van der Waals surface area contributed by atoms with E-state index in [0.717, 1.165) is 23.9 Å². The second kappa shape index (κ2) is 7.92. The fourth-order valence-corrected chi connectivity index (χ4v) is 2.29. The van der Waals surface area contributed by atoms with E-state index >= 15 is 0 Å². The highest BCUT2D eigenvalue weighted by Gasteiger charge is 2.12. The molecule has 0 atom stereocenters. The van der Waals surface area contributed by atoms with Crippen LogP contribution in [-0.4, -0.2) is 37.6 Å². The van der Waals surface area contributed by atoms with E-state index in [4.69, 9.17) is 0 Å². The molecular weight excluding hydrogens is 354 g/mol. The van der Waals surface area contributed by atoms with Gasteiger partial charge in [0.1, 0.15) is 0 Å². The summed E-state index contributed by atoms with van der Waals surface area (Å²) < 4.78 is 0. The summed E-state index contributed by atoms with van der Waals surface area (Å²) in [6, 6.07) is 5.87. The number of hydrogen-bond donors (Lipinski definition) is 4. The number of benzene rings is 1. The molecule has 0 spiro atoms. The summed E-state index contributed by atoms with van der Waals surface area (Å²) in [6.07, 6.45) is 0. The van der Waals surface area contributed by atoms with Gasteiger partial charge in [-0.1, -0.05) is 17.8 Å². The molecule has 25 heavy (non-hydrogen) atoms. The van der Waals surface area contributed by atoms with Crippen LogP contribution in [0.5, 0.6) is 5.88 Å². The Kier molecular flexibility index (Phi) is 5.68. The minimum atomic E-state index is -0.731. The lowest BCUT2D eigenvalue weighted by molar-refractivity contribution is -0.384. The molecule has 2 aromatic rings. The third kappa shape index (κ3) is 5.31. The number of hydrogen-bond acceptors (Lipinski definition) is 8. The topological polar surface area (TPSA) is 167 Å². The number of H-pyrrole nitrogens is 1. The maximum absolute atomic E-state index is 11.8. The van der Waals surface area contributed by atoms with Gasteiger partial charge in [-0.2, -0.15) is 4.98 Å². The van der Waals surface area contributed by atoms with Crippen molar-refractivity contribution in [3.63, 3.8) is 0 Å². The molecule has 11 nitrogen and oxygen atoms in total. The van der Waals surface area contributed by atoms with Crippen molar-refractivity contribution in [2.75, 3.05) is 5.75 Å². The minimum absolute atomic E-state index is 0.00105. The Bertz CT molecular complexity index is 883. The molecule has 1 heterocycles. The molecule has 130 valence electrons. The molecule has 1 aromatic carbocycles. The van der Waals surface area contributed by atoms with Gasteiger partial charge < -0.3 is 10.1 Å². The predicted molar refractivity (Wildman–Crippen MR) is 86.0 cm³/mol. The van der Waals surface area contributed by atoms with Gasteiger partial charge >= 0.3 is 0 Å². The highest BCUT2D eigenvalue weighted by atomic mass is 32.2. The molecule has 0 bridgehead atoms. The minimum Gasteiger partial charge on any atom is -0.493 e. The van der Waals surface area contributed by atoms with Gasteiger partial charge in [0, 0.05) is 17.7 Å². The molecule has 0 aliphatic heterocycles. The first-order valence-electron chi connectivity index (χ1n) is 6.62. The number of aromatic hydroxyl groups is 1. The summed E-state index contributed by atoms with van der Waals surface area (Å²) in [5.41, 5.74) is 3.40. The number of nitrogens with zero attached hydrogens (tertiary/aromatic N) is 2. The van der Waals surface area contributed by atoms with Crippen LogP contribution in [0.1, 0.15) is 10.4 Å². The van der Waals surface area contributed by atoms with Gasteiger partial charge in [0.15, 0.2) is 5.16 Å². The molecule has 0 saturated carbocycles. The first-order chi connectivity index (χ1) is 11.8. The number of non-ortho nitro benzene ring substituents is 1. The van der Waals surface area contributed by atoms with Gasteiger partial charge in [-0.3, -0.25) is 35.3 Å². The van der Waals surface area contributed by atoms with E-state index in [2.05, 4.69) is 20.8 Å². The molecule has 0 unspecified atom stereocenters. The maximum atomic E-state index is 11.8. The normalized spacial score (nSPS) is 10.1. The van der Waals surface area contributed by atoms with Gasteiger partial charge in [0.05, 0.1) is 16.7 Å². The number of thioether (sulfide) groups is 1. The summed E-state index contributed by atoms with van der Waals surface area (Å²) in [7, 11) is 0. The van der Waals surface area contributed by atoms with Crippen LogP contribution in [-0.2, 0) is 4.79 Å². The average molecular weight is 365 g/mol. The molecular formula is C13H11N5O6S. The van der Waals surface area contributed by atoms with E-state index in [0.29, 0.717) is 0 Å².